The standard InChI is InChI=1S/C19H26N4O3S/c1-15-4-3-11-27(25,26)23(15)14-17-5-6-19(18(12-17)13-20)22-9-7-21(8-10-22)16(2)24/h5-6,12,15H,3-4,7-11,14H2,1-2H3/t15-/m0/s1. The number of carbonyl (C=O) groups excluding carboxylic acids is 1. The summed E-state index contributed by atoms with van der Waals surface area (Å²) in [7, 11) is -3.23. The molecule has 27 heavy (non-hydrogen) atoms. The van der Waals surface area contributed by atoms with E-state index in [1.165, 1.54) is 0 Å². The van der Waals surface area contributed by atoms with Gasteiger partial charge in [0.05, 0.1) is 17.0 Å². The molecule has 146 valence electrons. The molecule has 1 aromatic carbocycles. The number of nitriles is 1. The number of benzene rings is 1. The van der Waals surface area contributed by atoms with Crippen molar-refractivity contribution in [2.45, 2.75) is 39.3 Å². The van der Waals surface area contributed by atoms with Crippen LogP contribution in [0.4, 0.5) is 5.69 Å². The van der Waals surface area contributed by atoms with Crippen LogP contribution in [0, 0.1) is 11.3 Å². The highest BCUT2D eigenvalue weighted by Crippen LogP contribution is 2.27. The van der Waals surface area contributed by atoms with E-state index in [9.17, 15) is 18.5 Å². The molecule has 0 spiro atoms. The molecule has 2 aliphatic heterocycles. The Bertz CT molecular complexity index is 854. The number of nitrogens with zero attached hydrogens (tertiary/aromatic N) is 4. The fourth-order valence-electron chi connectivity index (χ4n) is 3.84. The van der Waals surface area contributed by atoms with Crippen molar-refractivity contribution >= 4 is 21.6 Å². The number of sulfonamides is 1. The number of hydrogen-bond acceptors (Lipinski definition) is 5. The van der Waals surface area contributed by atoms with Crippen LogP contribution >= 0.6 is 0 Å². The molecule has 1 amide bonds. The second-order valence-electron chi connectivity index (χ2n) is 7.31. The highest BCUT2D eigenvalue weighted by Gasteiger charge is 2.31. The fourth-order valence-corrected chi connectivity index (χ4v) is 5.61. The van der Waals surface area contributed by atoms with Crippen molar-refractivity contribution in [1.29, 1.82) is 5.26 Å². The summed E-state index contributed by atoms with van der Waals surface area (Å²) in [6.07, 6.45) is 1.57. The first kappa shape index (κ1) is 19.6. The zero-order chi connectivity index (χ0) is 19.6. The Balaban J connectivity index is 1.77. The largest absolute Gasteiger partial charge is 0.367 e. The number of anilines is 1. The summed E-state index contributed by atoms with van der Waals surface area (Å²) < 4.78 is 26.3. The molecule has 2 saturated heterocycles. The van der Waals surface area contributed by atoms with E-state index in [1.807, 2.05) is 19.1 Å². The van der Waals surface area contributed by atoms with Gasteiger partial charge in [-0.15, -0.1) is 0 Å². The quantitative estimate of drug-likeness (QED) is 0.782. The number of piperazine rings is 1. The molecule has 0 radical (unpaired) electrons. The lowest BCUT2D eigenvalue weighted by molar-refractivity contribution is -0.129. The topological polar surface area (TPSA) is 84.7 Å². The lowest BCUT2D eigenvalue weighted by Gasteiger charge is -2.36. The molecule has 0 aliphatic carbocycles. The smallest absolute Gasteiger partial charge is 0.219 e. The molecular formula is C19H26N4O3S. The third-order valence-electron chi connectivity index (χ3n) is 5.46. The summed E-state index contributed by atoms with van der Waals surface area (Å²) in [5, 5.41) is 9.60. The Kier molecular flexibility index (Phi) is 5.72. The molecule has 0 aromatic heterocycles. The molecule has 0 saturated carbocycles. The number of hydrogen-bond donors (Lipinski definition) is 0. The van der Waals surface area contributed by atoms with E-state index in [-0.39, 0.29) is 17.7 Å². The summed E-state index contributed by atoms with van der Waals surface area (Å²) in [5.74, 6) is 0.267. The summed E-state index contributed by atoms with van der Waals surface area (Å²) in [6, 6.07) is 7.83. The summed E-state index contributed by atoms with van der Waals surface area (Å²) in [6.45, 7) is 6.47. The summed E-state index contributed by atoms with van der Waals surface area (Å²) >= 11 is 0. The lowest BCUT2D eigenvalue weighted by atomic mass is 10.1. The van der Waals surface area contributed by atoms with Gasteiger partial charge >= 0.3 is 0 Å². The molecule has 8 heteroatoms. The molecule has 1 atom stereocenters. The Labute approximate surface area is 161 Å². The van der Waals surface area contributed by atoms with Crippen LogP contribution < -0.4 is 4.90 Å². The van der Waals surface area contributed by atoms with Crippen LogP contribution in [-0.2, 0) is 21.4 Å². The van der Waals surface area contributed by atoms with Crippen LogP contribution in [0.15, 0.2) is 18.2 Å². The van der Waals surface area contributed by atoms with Gasteiger partial charge in [0.25, 0.3) is 0 Å². The Hall–Kier alpha value is -2.11. The lowest BCUT2D eigenvalue weighted by Crippen LogP contribution is -2.48. The average molecular weight is 391 g/mol. The van der Waals surface area contributed by atoms with Gasteiger partial charge in [-0.05, 0) is 37.5 Å². The number of amides is 1. The minimum absolute atomic E-state index is 0.0198. The third-order valence-corrected chi connectivity index (χ3v) is 7.47. The Morgan fingerprint density at radius 2 is 1.96 bits per heavy atom. The predicted molar refractivity (Wildman–Crippen MR) is 104 cm³/mol. The second-order valence-corrected chi connectivity index (χ2v) is 9.35. The molecule has 2 aliphatic rings. The van der Waals surface area contributed by atoms with E-state index in [1.54, 1.807) is 22.2 Å². The molecule has 2 fully saturated rings. The summed E-state index contributed by atoms with van der Waals surface area (Å²) in [5.41, 5.74) is 2.22. The molecular weight excluding hydrogens is 364 g/mol. The minimum atomic E-state index is -3.23. The molecule has 3 rings (SSSR count). The Morgan fingerprint density at radius 3 is 2.56 bits per heavy atom. The highest BCUT2D eigenvalue weighted by atomic mass is 32.2. The highest BCUT2D eigenvalue weighted by molar-refractivity contribution is 7.89. The molecule has 0 bridgehead atoms. The molecule has 0 N–H and O–H groups in total. The van der Waals surface area contributed by atoms with Gasteiger partial charge in [-0.1, -0.05) is 6.07 Å². The van der Waals surface area contributed by atoms with Crippen molar-refractivity contribution in [3.05, 3.63) is 29.3 Å². The SMILES string of the molecule is CC(=O)N1CCN(c2ccc(CN3[C@@H](C)CCCS3(=O)=O)cc2C#N)CC1. The predicted octanol–water partition coefficient (Wildman–Crippen LogP) is 1.54. The average Bonchev–Trinajstić information content (AvgIpc) is 2.64. The third kappa shape index (κ3) is 4.25. The van der Waals surface area contributed by atoms with E-state index >= 15 is 0 Å². The van der Waals surface area contributed by atoms with Gasteiger partial charge in [0.15, 0.2) is 0 Å². The van der Waals surface area contributed by atoms with Crippen LogP contribution in [0.1, 0.15) is 37.8 Å². The van der Waals surface area contributed by atoms with Crippen LogP contribution in [-0.4, -0.2) is 61.5 Å². The van der Waals surface area contributed by atoms with Gasteiger partial charge in [0, 0.05) is 45.7 Å². The van der Waals surface area contributed by atoms with E-state index in [0.717, 1.165) is 17.7 Å². The number of rotatable bonds is 3. The molecule has 7 nitrogen and oxygen atoms in total. The minimum Gasteiger partial charge on any atom is -0.367 e. The maximum atomic E-state index is 12.4. The van der Waals surface area contributed by atoms with Crippen molar-refractivity contribution in [3.63, 3.8) is 0 Å². The van der Waals surface area contributed by atoms with Crippen LogP contribution in [0.2, 0.25) is 0 Å². The van der Waals surface area contributed by atoms with Crippen molar-refractivity contribution in [3.8, 4) is 6.07 Å². The normalized spacial score (nSPS) is 23.1. The van der Waals surface area contributed by atoms with E-state index in [2.05, 4.69) is 11.0 Å². The molecule has 0 unspecified atom stereocenters. The van der Waals surface area contributed by atoms with E-state index < -0.39 is 10.0 Å². The first-order valence-electron chi connectivity index (χ1n) is 9.35. The maximum absolute atomic E-state index is 12.4. The zero-order valence-electron chi connectivity index (χ0n) is 15.9. The fraction of sp³-hybridized carbons (Fsp3) is 0.579. The molecule has 2 heterocycles. The van der Waals surface area contributed by atoms with Crippen LogP contribution in [0.5, 0.6) is 0 Å². The summed E-state index contributed by atoms with van der Waals surface area (Å²) in [4.78, 5) is 15.4. The van der Waals surface area contributed by atoms with Gasteiger partial charge in [-0.25, -0.2) is 8.42 Å². The van der Waals surface area contributed by atoms with Crippen LogP contribution in [0.25, 0.3) is 0 Å². The maximum Gasteiger partial charge on any atom is 0.219 e. The van der Waals surface area contributed by atoms with Gasteiger partial charge in [0.1, 0.15) is 6.07 Å². The Morgan fingerprint density at radius 1 is 1.26 bits per heavy atom. The first-order valence-corrected chi connectivity index (χ1v) is 11.0. The monoisotopic (exact) mass is 390 g/mol. The zero-order valence-corrected chi connectivity index (χ0v) is 16.7. The van der Waals surface area contributed by atoms with Gasteiger partial charge < -0.3 is 9.80 Å². The van der Waals surface area contributed by atoms with E-state index in [0.29, 0.717) is 44.7 Å². The molecule has 1 aromatic rings. The van der Waals surface area contributed by atoms with Crippen molar-refractivity contribution in [2.24, 2.45) is 0 Å². The number of carbonyl (C=O) groups is 1. The second kappa shape index (κ2) is 7.87. The van der Waals surface area contributed by atoms with Crippen molar-refractivity contribution < 1.29 is 13.2 Å². The van der Waals surface area contributed by atoms with Gasteiger partial charge in [0.2, 0.25) is 15.9 Å². The van der Waals surface area contributed by atoms with Gasteiger partial charge in [-0.3, -0.25) is 4.79 Å². The van der Waals surface area contributed by atoms with Crippen molar-refractivity contribution in [1.82, 2.24) is 9.21 Å². The van der Waals surface area contributed by atoms with Crippen LogP contribution in [0.3, 0.4) is 0 Å². The van der Waals surface area contributed by atoms with Gasteiger partial charge in [-0.2, -0.15) is 9.57 Å². The van der Waals surface area contributed by atoms with Crippen molar-refractivity contribution in [2.75, 3.05) is 36.8 Å². The van der Waals surface area contributed by atoms with E-state index in [4.69, 9.17) is 0 Å². The first-order chi connectivity index (χ1) is 12.8.